The second-order valence-corrected chi connectivity index (χ2v) is 9.31. The van der Waals surface area contributed by atoms with E-state index in [1.54, 1.807) is 19.3 Å². The first-order valence-electron chi connectivity index (χ1n) is 9.86. The molecule has 0 aliphatic rings. The first kappa shape index (κ1) is 23.5. The Morgan fingerprint density at radius 2 is 2.00 bits per heavy atom. The third kappa shape index (κ3) is 6.64. The number of thiophene rings is 1. The summed E-state index contributed by atoms with van der Waals surface area (Å²) in [4.78, 5) is 25.2. The molecule has 2 N–H and O–H groups in total. The fourth-order valence-electron chi connectivity index (χ4n) is 3.06. The highest BCUT2D eigenvalue weighted by atomic mass is 35.5. The van der Waals surface area contributed by atoms with E-state index >= 15 is 0 Å². The Morgan fingerprint density at radius 1 is 1.19 bits per heavy atom. The summed E-state index contributed by atoms with van der Waals surface area (Å²) in [5, 5.41) is 7.31. The molecule has 3 aromatic rings. The Balaban J connectivity index is 1.74. The van der Waals surface area contributed by atoms with Crippen LogP contribution < -0.4 is 10.6 Å². The summed E-state index contributed by atoms with van der Waals surface area (Å²) in [6, 6.07) is 11.0. The van der Waals surface area contributed by atoms with E-state index in [0.29, 0.717) is 27.3 Å². The van der Waals surface area contributed by atoms with Gasteiger partial charge in [-0.3, -0.25) is 4.79 Å². The molecule has 0 aliphatic heterocycles. The largest absolute Gasteiger partial charge is 0.357 e. The summed E-state index contributed by atoms with van der Waals surface area (Å²) in [6.45, 7) is 0.847. The number of nitrogens with zero attached hydrogens (tertiary/aromatic N) is 3. The van der Waals surface area contributed by atoms with Gasteiger partial charge in [0.25, 0.3) is 5.91 Å². The summed E-state index contributed by atoms with van der Waals surface area (Å²) in [6.07, 6.45) is 3.12. The van der Waals surface area contributed by atoms with Crippen LogP contribution in [0.3, 0.4) is 0 Å². The number of halogens is 2. The van der Waals surface area contributed by atoms with Crippen LogP contribution in [0.5, 0.6) is 0 Å². The number of hydrogen-bond donors (Lipinski definition) is 2. The molecule has 0 bridgehead atoms. The SMILES string of the molecule is CNc1nccc(-c2ccc(C(=O)N[C@H](CCN(C)C)Cc3ccc(Cl)cc3Cl)s2)n1. The summed E-state index contributed by atoms with van der Waals surface area (Å²) in [7, 11) is 5.80. The van der Waals surface area contributed by atoms with Crippen LogP contribution in [0.4, 0.5) is 5.95 Å². The predicted molar refractivity (Wildman–Crippen MR) is 129 cm³/mol. The molecule has 9 heteroatoms. The van der Waals surface area contributed by atoms with E-state index in [1.165, 1.54) is 11.3 Å². The number of aromatic nitrogens is 2. The Labute approximate surface area is 196 Å². The Kier molecular flexibility index (Phi) is 8.26. The molecule has 2 aromatic heterocycles. The standard InChI is InChI=1S/C22H25Cl2N5OS/c1-25-22-26-10-8-18(28-22)19-6-7-20(31-19)21(30)27-16(9-11-29(2)3)12-14-4-5-15(23)13-17(14)24/h4-8,10,13,16H,9,11-12H2,1-3H3,(H,27,30)(H,25,26,28)/t16-/m1/s1. The highest BCUT2D eigenvalue weighted by molar-refractivity contribution is 7.17. The van der Waals surface area contributed by atoms with Crippen molar-refractivity contribution in [3.63, 3.8) is 0 Å². The number of amides is 1. The smallest absolute Gasteiger partial charge is 0.261 e. The molecule has 2 heterocycles. The van der Waals surface area contributed by atoms with Gasteiger partial charge >= 0.3 is 0 Å². The molecule has 1 aromatic carbocycles. The van der Waals surface area contributed by atoms with Crippen LogP contribution in [0.15, 0.2) is 42.6 Å². The van der Waals surface area contributed by atoms with Gasteiger partial charge in [-0.15, -0.1) is 11.3 Å². The second-order valence-electron chi connectivity index (χ2n) is 7.38. The van der Waals surface area contributed by atoms with Crippen LogP contribution in [0.25, 0.3) is 10.6 Å². The van der Waals surface area contributed by atoms with Gasteiger partial charge in [-0.1, -0.05) is 29.3 Å². The van der Waals surface area contributed by atoms with Gasteiger partial charge in [-0.2, -0.15) is 0 Å². The zero-order valence-corrected chi connectivity index (χ0v) is 20.0. The molecule has 6 nitrogen and oxygen atoms in total. The van der Waals surface area contributed by atoms with Crippen LogP contribution in [0, 0.1) is 0 Å². The number of rotatable bonds is 9. The molecule has 0 spiro atoms. The van der Waals surface area contributed by atoms with Crippen molar-refractivity contribution >= 4 is 46.4 Å². The van der Waals surface area contributed by atoms with E-state index in [2.05, 4.69) is 25.5 Å². The minimum Gasteiger partial charge on any atom is -0.357 e. The molecule has 164 valence electrons. The second kappa shape index (κ2) is 10.9. The van der Waals surface area contributed by atoms with Gasteiger partial charge in [0.2, 0.25) is 5.95 Å². The molecule has 0 fully saturated rings. The van der Waals surface area contributed by atoms with Crippen LogP contribution in [0.1, 0.15) is 21.7 Å². The first-order chi connectivity index (χ1) is 14.9. The van der Waals surface area contributed by atoms with Gasteiger partial charge in [0, 0.05) is 29.3 Å². The molecule has 31 heavy (non-hydrogen) atoms. The number of anilines is 1. The van der Waals surface area contributed by atoms with Crippen molar-refractivity contribution in [3.8, 4) is 10.6 Å². The molecular weight excluding hydrogens is 453 g/mol. The lowest BCUT2D eigenvalue weighted by molar-refractivity contribution is 0.0937. The molecular formula is C22H25Cl2N5OS. The van der Waals surface area contributed by atoms with Crippen molar-refractivity contribution in [2.45, 2.75) is 18.9 Å². The maximum atomic E-state index is 13.0. The fourth-order valence-corrected chi connectivity index (χ4v) is 4.43. The Morgan fingerprint density at radius 3 is 2.71 bits per heavy atom. The lowest BCUT2D eigenvalue weighted by atomic mass is 10.0. The van der Waals surface area contributed by atoms with E-state index in [4.69, 9.17) is 23.2 Å². The third-order valence-electron chi connectivity index (χ3n) is 4.70. The molecule has 1 atom stereocenters. The van der Waals surface area contributed by atoms with Gasteiger partial charge in [0.15, 0.2) is 0 Å². The lowest BCUT2D eigenvalue weighted by Gasteiger charge is -2.21. The van der Waals surface area contributed by atoms with Crippen LogP contribution in [0.2, 0.25) is 10.0 Å². The highest BCUT2D eigenvalue weighted by Gasteiger charge is 2.18. The van der Waals surface area contributed by atoms with Crippen molar-refractivity contribution in [1.82, 2.24) is 20.2 Å². The minimum atomic E-state index is -0.104. The zero-order chi connectivity index (χ0) is 22.4. The van der Waals surface area contributed by atoms with Crippen molar-refractivity contribution in [2.24, 2.45) is 0 Å². The van der Waals surface area contributed by atoms with Crippen LogP contribution >= 0.6 is 34.5 Å². The lowest BCUT2D eigenvalue weighted by Crippen LogP contribution is -2.38. The van der Waals surface area contributed by atoms with E-state index in [0.717, 1.165) is 29.1 Å². The molecule has 0 aliphatic carbocycles. The molecule has 0 unspecified atom stereocenters. The van der Waals surface area contributed by atoms with E-state index in [-0.39, 0.29) is 11.9 Å². The average Bonchev–Trinajstić information content (AvgIpc) is 3.24. The van der Waals surface area contributed by atoms with Crippen LogP contribution in [-0.4, -0.2) is 54.5 Å². The number of carbonyl (C=O) groups is 1. The summed E-state index contributed by atoms with van der Waals surface area (Å²) in [5.41, 5.74) is 1.74. The van der Waals surface area contributed by atoms with Crippen LogP contribution in [-0.2, 0) is 6.42 Å². The maximum Gasteiger partial charge on any atom is 0.261 e. The first-order valence-corrected chi connectivity index (χ1v) is 11.4. The van der Waals surface area contributed by atoms with Gasteiger partial charge in [0.05, 0.1) is 15.4 Å². The van der Waals surface area contributed by atoms with E-state index in [1.807, 2.05) is 44.4 Å². The molecule has 0 saturated carbocycles. The molecule has 0 saturated heterocycles. The summed E-state index contributed by atoms with van der Waals surface area (Å²) >= 11 is 13.8. The highest BCUT2D eigenvalue weighted by Crippen LogP contribution is 2.27. The quantitative estimate of drug-likeness (QED) is 0.460. The Bertz CT molecular complexity index is 1040. The predicted octanol–water partition coefficient (Wildman–Crippen LogP) is 4.85. The monoisotopic (exact) mass is 477 g/mol. The maximum absolute atomic E-state index is 13.0. The molecule has 1 amide bonds. The summed E-state index contributed by atoms with van der Waals surface area (Å²) < 4.78 is 0. The van der Waals surface area contributed by atoms with Gasteiger partial charge in [0.1, 0.15) is 0 Å². The number of hydrogen-bond acceptors (Lipinski definition) is 6. The van der Waals surface area contributed by atoms with Gasteiger partial charge in [-0.25, -0.2) is 9.97 Å². The average molecular weight is 478 g/mol. The van der Waals surface area contributed by atoms with Crippen molar-refractivity contribution < 1.29 is 4.79 Å². The number of carbonyl (C=O) groups excluding carboxylic acids is 1. The number of nitrogens with one attached hydrogen (secondary N) is 2. The van der Waals surface area contributed by atoms with Crippen molar-refractivity contribution in [2.75, 3.05) is 33.0 Å². The van der Waals surface area contributed by atoms with Gasteiger partial charge < -0.3 is 15.5 Å². The topological polar surface area (TPSA) is 70.2 Å². The molecule has 0 radical (unpaired) electrons. The summed E-state index contributed by atoms with van der Waals surface area (Å²) in [5.74, 6) is 0.438. The zero-order valence-electron chi connectivity index (χ0n) is 17.7. The van der Waals surface area contributed by atoms with Crippen molar-refractivity contribution in [3.05, 3.63) is 63.1 Å². The van der Waals surface area contributed by atoms with E-state index in [9.17, 15) is 4.79 Å². The molecule has 3 rings (SSSR count). The van der Waals surface area contributed by atoms with Gasteiger partial charge in [-0.05, 0) is 69.4 Å². The van der Waals surface area contributed by atoms with E-state index < -0.39 is 0 Å². The Hall–Kier alpha value is -2.19. The number of benzene rings is 1. The third-order valence-corrected chi connectivity index (χ3v) is 6.40. The van der Waals surface area contributed by atoms with Crippen molar-refractivity contribution in [1.29, 1.82) is 0 Å². The minimum absolute atomic E-state index is 0.0610. The fraction of sp³-hybridized carbons (Fsp3) is 0.318. The normalized spacial score (nSPS) is 12.1.